The number of rotatable bonds is 5. The average Bonchev–Trinajstić information content (AvgIpc) is 2.74. The van der Waals surface area contributed by atoms with Crippen molar-refractivity contribution in [3.05, 3.63) is 39.9 Å². The van der Waals surface area contributed by atoms with Crippen molar-refractivity contribution in [2.75, 3.05) is 0 Å². The highest BCUT2D eigenvalue weighted by Crippen LogP contribution is 2.25. The lowest BCUT2D eigenvalue weighted by molar-refractivity contribution is -0.384. The van der Waals surface area contributed by atoms with Gasteiger partial charge in [0.15, 0.2) is 0 Å². The van der Waals surface area contributed by atoms with E-state index in [1.807, 2.05) is 12.1 Å². The molecule has 4 heteroatoms. The van der Waals surface area contributed by atoms with Crippen LogP contribution < -0.4 is 5.32 Å². The third kappa shape index (κ3) is 4.30. The number of benzene rings is 1. The van der Waals surface area contributed by atoms with Gasteiger partial charge in [-0.2, -0.15) is 0 Å². The Bertz CT molecular complexity index is 423. The lowest BCUT2D eigenvalue weighted by Crippen LogP contribution is -2.32. The van der Waals surface area contributed by atoms with Crippen molar-refractivity contribution >= 4 is 5.69 Å². The number of hydrogen-bond acceptors (Lipinski definition) is 3. The molecule has 0 saturated heterocycles. The number of nitrogens with one attached hydrogen (secondary N) is 1. The van der Waals surface area contributed by atoms with Gasteiger partial charge < -0.3 is 5.32 Å². The Hall–Kier alpha value is -1.42. The predicted molar refractivity (Wildman–Crippen MR) is 80.6 cm³/mol. The van der Waals surface area contributed by atoms with Crippen LogP contribution in [0.15, 0.2) is 24.3 Å². The van der Waals surface area contributed by atoms with Gasteiger partial charge >= 0.3 is 0 Å². The van der Waals surface area contributed by atoms with Crippen LogP contribution in [0.2, 0.25) is 0 Å². The summed E-state index contributed by atoms with van der Waals surface area (Å²) < 4.78 is 0. The van der Waals surface area contributed by atoms with Crippen LogP contribution in [0.4, 0.5) is 5.69 Å². The van der Waals surface area contributed by atoms with Crippen molar-refractivity contribution in [3.8, 4) is 0 Å². The molecule has 110 valence electrons. The SMILES string of the molecule is C[C@@H](NCc1ccc([N+](=O)[O-])cc1)C1CCCCCC1. The zero-order valence-corrected chi connectivity index (χ0v) is 12.2. The van der Waals surface area contributed by atoms with Crippen LogP contribution in [0.5, 0.6) is 0 Å². The van der Waals surface area contributed by atoms with Gasteiger partial charge in [-0.3, -0.25) is 10.1 Å². The van der Waals surface area contributed by atoms with E-state index in [0.717, 1.165) is 18.0 Å². The second-order valence-corrected chi connectivity index (χ2v) is 5.84. The fourth-order valence-electron chi connectivity index (χ4n) is 2.99. The van der Waals surface area contributed by atoms with Crippen LogP contribution in [0, 0.1) is 16.0 Å². The van der Waals surface area contributed by atoms with Crippen molar-refractivity contribution in [3.63, 3.8) is 0 Å². The second-order valence-electron chi connectivity index (χ2n) is 5.84. The summed E-state index contributed by atoms with van der Waals surface area (Å²) in [4.78, 5) is 10.3. The first-order chi connectivity index (χ1) is 9.66. The molecule has 1 aromatic rings. The van der Waals surface area contributed by atoms with Crippen molar-refractivity contribution in [1.82, 2.24) is 5.32 Å². The lowest BCUT2D eigenvalue weighted by atomic mass is 9.93. The quantitative estimate of drug-likeness (QED) is 0.501. The van der Waals surface area contributed by atoms with Gasteiger partial charge in [0, 0.05) is 24.7 Å². The van der Waals surface area contributed by atoms with Gasteiger partial charge in [-0.15, -0.1) is 0 Å². The minimum Gasteiger partial charge on any atom is -0.310 e. The van der Waals surface area contributed by atoms with Crippen LogP contribution in [0.1, 0.15) is 51.0 Å². The lowest BCUT2D eigenvalue weighted by Gasteiger charge is -2.23. The van der Waals surface area contributed by atoms with Gasteiger partial charge in [-0.1, -0.05) is 37.8 Å². The summed E-state index contributed by atoms with van der Waals surface area (Å²) in [6.07, 6.45) is 8.13. The van der Waals surface area contributed by atoms with Crippen LogP contribution in [-0.2, 0) is 6.54 Å². The maximum atomic E-state index is 10.6. The topological polar surface area (TPSA) is 55.2 Å². The molecule has 0 aliphatic heterocycles. The van der Waals surface area contributed by atoms with E-state index >= 15 is 0 Å². The molecule has 4 nitrogen and oxygen atoms in total. The Morgan fingerprint density at radius 1 is 1.20 bits per heavy atom. The summed E-state index contributed by atoms with van der Waals surface area (Å²) in [6, 6.07) is 7.35. The molecular weight excluding hydrogens is 252 g/mol. The molecule has 1 aliphatic rings. The van der Waals surface area contributed by atoms with Gasteiger partial charge in [0.2, 0.25) is 0 Å². The Balaban J connectivity index is 1.82. The molecule has 0 spiro atoms. The van der Waals surface area contributed by atoms with Crippen LogP contribution in [-0.4, -0.2) is 11.0 Å². The standard InChI is InChI=1S/C16H24N2O2/c1-13(15-6-4-2-3-5-7-15)17-12-14-8-10-16(11-9-14)18(19)20/h8-11,13,15,17H,2-7,12H2,1H3/t13-/m1/s1. The highest BCUT2D eigenvalue weighted by atomic mass is 16.6. The zero-order valence-electron chi connectivity index (χ0n) is 12.2. The van der Waals surface area contributed by atoms with E-state index < -0.39 is 0 Å². The second kappa shape index (κ2) is 7.39. The summed E-state index contributed by atoms with van der Waals surface area (Å²) in [7, 11) is 0. The van der Waals surface area contributed by atoms with E-state index in [0.29, 0.717) is 6.04 Å². The van der Waals surface area contributed by atoms with Crippen molar-refractivity contribution in [1.29, 1.82) is 0 Å². The molecule has 0 unspecified atom stereocenters. The molecule has 1 saturated carbocycles. The summed E-state index contributed by atoms with van der Waals surface area (Å²) >= 11 is 0. The van der Waals surface area contributed by atoms with Gasteiger partial charge in [-0.05, 0) is 31.2 Å². The monoisotopic (exact) mass is 276 g/mol. The molecule has 2 rings (SSSR count). The minimum atomic E-state index is -0.356. The van der Waals surface area contributed by atoms with Crippen LogP contribution in [0.3, 0.4) is 0 Å². The Morgan fingerprint density at radius 2 is 1.80 bits per heavy atom. The highest BCUT2D eigenvalue weighted by Gasteiger charge is 2.18. The largest absolute Gasteiger partial charge is 0.310 e. The molecule has 0 aromatic heterocycles. The van der Waals surface area contributed by atoms with Crippen LogP contribution in [0.25, 0.3) is 0 Å². The fraction of sp³-hybridized carbons (Fsp3) is 0.625. The third-order valence-corrected chi connectivity index (χ3v) is 4.38. The van der Waals surface area contributed by atoms with Crippen LogP contribution >= 0.6 is 0 Å². The first-order valence-corrected chi connectivity index (χ1v) is 7.63. The predicted octanol–water partition coefficient (Wildman–Crippen LogP) is 4.04. The number of non-ortho nitro benzene ring substituents is 1. The molecular formula is C16H24N2O2. The number of nitro benzene ring substituents is 1. The molecule has 0 amide bonds. The minimum absolute atomic E-state index is 0.158. The normalized spacial score (nSPS) is 18.4. The maximum absolute atomic E-state index is 10.6. The molecule has 1 N–H and O–H groups in total. The van der Waals surface area contributed by atoms with E-state index in [1.165, 1.54) is 38.5 Å². The zero-order chi connectivity index (χ0) is 14.4. The molecule has 1 atom stereocenters. The molecule has 0 radical (unpaired) electrons. The summed E-state index contributed by atoms with van der Waals surface area (Å²) in [6.45, 7) is 3.05. The van der Waals surface area contributed by atoms with Gasteiger partial charge in [0.25, 0.3) is 5.69 Å². The van der Waals surface area contributed by atoms with Crippen molar-refractivity contribution in [2.24, 2.45) is 5.92 Å². The average molecular weight is 276 g/mol. The van der Waals surface area contributed by atoms with Gasteiger partial charge in [0.05, 0.1) is 4.92 Å². The van der Waals surface area contributed by atoms with E-state index in [-0.39, 0.29) is 10.6 Å². The third-order valence-electron chi connectivity index (χ3n) is 4.38. The Labute approximate surface area is 120 Å². The molecule has 0 heterocycles. The first-order valence-electron chi connectivity index (χ1n) is 7.63. The molecule has 20 heavy (non-hydrogen) atoms. The molecule has 1 fully saturated rings. The summed E-state index contributed by atoms with van der Waals surface area (Å²) in [5.41, 5.74) is 1.27. The molecule has 1 aliphatic carbocycles. The number of hydrogen-bond donors (Lipinski definition) is 1. The summed E-state index contributed by atoms with van der Waals surface area (Å²) in [5.74, 6) is 0.774. The van der Waals surface area contributed by atoms with Gasteiger partial charge in [-0.25, -0.2) is 0 Å². The number of nitro groups is 1. The van der Waals surface area contributed by atoms with E-state index in [9.17, 15) is 10.1 Å². The smallest absolute Gasteiger partial charge is 0.269 e. The van der Waals surface area contributed by atoms with E-state index in [2.05, 4.69) is 12.2 Å². The van der Waals surface area contributed by atoms with E-state index in [1.54, 1.807) is 12.1 Å². The first kappa shape index (κ1) is 15.0. The van der Waals surface area contributed by atoms with E-state index in [4.69, 9.17) is 0 Å². The molecule has 0 bridgehead atoms. The Kier molecular flexibility index (Phi) is 5.53. The number of nitrogens with zero attached hydrogens (tertiary/aromatic N) is 1. The maximum Gasteiger partial charge on any atom is 0.269 e. The van der Waals surface area contributed by atoms with Gasteiger partial charge in [0.1, 0.15) is 0 Å². The summed E-state index contributed by atoms with van der Waals surface area (Å²) in [5, 5.41) is 14.2. The Morgan fingerprint density at radius 3 is 2.35 bits per heavy atom. The molecule has 1 aromatic carbocycles. The highest BCUT2D eigenvalue weighted by molar-refractivity contribution is 5.32. The fourth-order valence-corrected chi connectivity index (χ4v) is 2.99. The van der Waals surface area contributed by atoms with Crippen molar-refractivity contribution in [2.45, 2.75) is 58.0 Å². The van der Waals surface area contributed by atoms with Crippen molar-refractivity contribution < 1.29 is 4.92 Å².